The molecule has 152 valence electrons. The zero-order valence-electron chi connectivity index (χ0n) is 16.3. The molecule has 1 saturated heterocycles. The third-order valence-electron chi connectivity index (χ3n) is 4.64. The van der Waals surface area contributed by atoms with Gasteiger partial charge < -0.3 is 20.3 Å². The Morgan fingerprint density at radius 2 is 2.07 bits per heavy atom. The van der Waals surface area contributed by atoms with E-state index in [0.29, 0.717) is 13.0 Å². The Balaban J connectivity index is 2.18. The van der Waals surface area contributed by atoms with Crippen LogP contribution in [0.25, 0.3) is 0 Å². The minimum Gasteiger partial charge on any atom is -0.368 e. The largest absolute Gasteiger partial charge is 0.368 e. The number of imide groups is 1. The number of nitrogens with one attached hydrogen (secondary N) is 1. The number of benzene rings is 1. The van der Waals surface area contributed by atoms with E-state index in [-0.39, 0.29) is 19.0 Å². The van der Waals surface area contributed by atoms with E-state index in [9.17, 15) is 14.4 Å². The van der Waals surface area contributed by atoms with Gasteiger partial charge >= 0.3 is 6.03 Å². The molecule has 4 amide bonds. The van der Waals surface area contributed by atoms with Gasteiger partial charge in [0.1, 0.15) is 18.3 Å². The maximum Gasteiger partial charge on any atom is 0.325 e. The van der Waals surface area contributed by atoms with E-state index in [1.54, 1.807) is 19.9 Å². The Kier molecular flexibility index (Phi) is 7.71. The maximum absolute atomic E-state index is 12.8. The van der Waals surface area contributed by atoms with Crippen LogP contribution in [0.4, 0.5) is 4.79 Å². The van der Waals surface area contributed by atoms with Gasteiger partial charge in [-0.25, -0.2) is 4.79 Å². The Morgan fingerprint density at radius 1 is 1.39 bits per heavy atom. The molecule has 1 heterocycles. The summed E-state index contributed by atoms with van der Waals surface area (Å²) in [7, 11) is 0. The predicted octanol–water partition coefficient (Wildman–Crippen LogP) is 1.22. The number of urea groups is 1. The lowest BCUT2D eigenvalue weighted by atomic mass is 10.1. The van der Waals surface area contributed by atoms with Crippen molar-refractivity contribution < 1.29 is 19.1 Å². The molecular formula is C20H28N4O4. The van der Waals surface area contributed by atoms with Crippen molar-refractivity contribution in [2.75, 3.05) is 13.2 Å². The van der Waals surface area contributed by atoms with Crippen molar-refractivity contribution in [3.05, 3.63) is 48.6 Å². The van der Waals surface area contributed by atoms with Crippen LogP contribution in [0.1, 0.15) is 25.8 Å². The fourth-order valence-corrected chi connectivity index (χ4v) is 3.12. The summed E-state index contributed by atoms with van der Waals surface area (Å²) >= 11 is 0. The first-order chi connectivity index (χ1) is 13.4. The molecule has 8 nitrogen and oxygen atoms in total. The summed E-state index contributed by atoms with van der Waals surface area (Å²) in [5.41, 5.74) is 7.16. The molecular weight excluding hydrogens is 360 g/mol. The molecule has 3 atom stereocenters. The predicted molar refractivity (Wildman–Crippen MR) is 105 cm³/mol. The van der Waals surface area contributed by atoms with Gasteiger partial charge in [0.2, 0.25) is 0 Å². The van der Waals surface area contributed by atoms with Gasteiger partial charge in [0, 0.05) is 13.1 Å². The summed E-state index contributed by atoms with van der Waals surface area (Å²) in [6.07, 6.45) is 0.615. The Bertz CT molecular complexity index is 709. The zero-order chi connectivity index (χ0) is 20.7. The van der Waals surface area contributed by atoms with Crippen LogP contribution in [0.15, 0.2) is 43.0 Å². The number of carbonyl (C=O) groups excluding carboxylic acids is 3. The number of carbonyl (C=O) groups is 3. The van der Waals surface area contributed by atoms with E-state index < -0.39 is 30.2 Å². The van der Waals surface area contributed by atoms with Crippen LogP contribution in [0.3, 0.4) is 0 Å². The first-order valence-electron chi connectivity index (χ1n) is 9.34. The maximum atomic E-state index is 12.8. The van der Waals surface area contributed by atoms with Gasteiger partial charge in [-0.05, 0) is 25.8 Å². The van der Waals surface area contributed by atoms with E-state index >= 15 is 0 Å². The van der Waals surface area contributed by atoms with Gasteiger partial charge in [-0.1, -0.05) is 36.4 Å². The summed E-state index contributed by atoms with van der Waals surface area (Å²) in [5.74, 6) is -0.938. The monoisotopic (exact) mass is 388 g/mol. The van der Waals surface area contributed by atoms with Gasteiger partial charge in [-0.2, -0.15) is 0 Å². The lowest BCUT2D eigenvalue weighted by Gasteiger charge is -2.43. The van der Waals surface area contributed by atoms with Crippen LogP contribution in [0.2, 0.25) is 0 Å². The van der Waals surface area contributed by atoms with Gasteiger partial charge in [-0.15, -0.1) is 6.58 Å². The van der Waals surface area contributed by atoms with E-state index in [1.165, 1.54) is 9.80 Å². The van der Waals surface area contributed by atoms with Crippen molar-refractivity contribution in [1.82, 2.24) is 15.1 Å². The quantitative estimate of drug-likeness (QED) is 0.489. The summed E-state index contributed by atoms with van der Waals surface area (Å²) < 4.78 is 5.52. The minimum atomic E-state index is -0.996. The highest BCUT2D eigenvalue weighted by atomic mass is 16.5. The van der Waals surface area contributed by atoms with Crippen LogP contribution >= 0.6 is 0 Å². The van der Waals surface area contributed by atoms with Crippen LogP contribution in [-0.4, -0.2) is 59.1 Å². The van der Waals surface area contributed by atoms with E-state index in [1.807, 2.05) is 30.3 Å². The zero-order valence-corrected chi connectivity index (χ0v) is 16.3. The lowest BCUT2D eigenvalue weighted by molar-refractivity contribution is -0.152. The standard InChI is InChI=1S/C20H28N4O4/c1-4-6-12-28-14(3)19(26)23(5-2)16-17(21)24(20(27)22-18(16)25)13-15-10-8-7-9-11-15/h4,7-11,14,16-17H,1,5-6,12-13,21H2,2-3H3,(H,22,25,27). The Morgan fingerprint density at radius 3 is 2.68 bits per heavy atom. The Hall–Kier alpha value is -2.71. The third-order valence-corrected chi connectivity index (χ3v) is 4.64. The number of amides is 4. The average molecular weight is 388 g/mol. The number of hydrogen-bond donors (Lipinski definition) is 2. The van der Waals surface area contributed by atoms with E-state index in [4.69, 9.17) is 10.5 Å². The van der Waals surface area contributed by atoms with Crippen molar-refractivity contribution in [3.8, 4) is 0 Å². The smallest absolute Gasteiger partial charge is 0.325 e. The second kappa shape index (κ2) is 10.0. The summed E-state index contributed by atoms with van der Waals surface area (Å²) in [4.78, 5) is 40.4. The van der Waals surface area contributed by atoms with Gasteiger partial charge in [-0.3, -0.25) is 14.9 Å². The molecule has 0 saturated carbocycles. The number of nitrogens with two attached hydrogens (primary N) is 1. The van der Waals surface area contributed by atoms with Gasteiger partial charge in [0.25, 0.3) is 11.8 Å². The van der Waals surface area contributed by atoms with E-state index in [0.717, 1.165) is 5.56 Å². The Labute approximate surface area is 165 Å². The van der Waals surface area contributed by atoms with Crippen molar-refractivity contribution in [2.24, 2.45) is 5.73 Å². The van der Waals surface area contributed by atoms with Gasteiger partial charge in [0.15, 0.2) is 0 Å². The molecule has 3 unspecified atom stereocenters. The summed E-state index contributed by atoms with van der Waals surface area (Å²) in [6.45, 7) is 7.85. The van der Waals surface area contributed by atoms with Crippen LogP contribution in [-0.2, 0) is 20.9 Å². The molecule has 0 bridgehead atoms. The molecule has 0 aliphatic carbocycles. The highest BCUT2D eigenvalue weighted by molar-refractivity contribution is 6.02. The average Bonchev–Trinajstić information content (AvgIpc) is 2.68. The molecule has 0 spiro atoms. The second-order valence-corrected chi connectivity index (χ2v) is 6.56. The molecule has 2 rings (SSSR count). The summed E-state index contributed by atoms with van der Waals surface area (Å²) in [5, 5.41) is 2.31. The van der Waals surface area contributed by atoms with Crippen molar-refractivity contribution in [1.29, 1.82) is 0 Å². The van der Waals surface area contributed by atoms with Gasteiger partial charge in [0.05, 0.1) is 6.61 Å². The molecule has 1 aromatic rings. The molecule has 0 radical (unpaired) electrons. The van der Waals surface area contributed by atoms with Crippen molar-refractivity contribution in [2.45, 2.75) is 45.1 Å². The van der Waals surface area contributed by atoms with Crippen molar-refractivity contribution in [3.63, 3.8) is 0 Å². The molecule has 3 N–H and O–H groups in total. The number of likely N-dealkylation sites (N-methyl/N-ethyl adjacent to an activating group) is 1. The third kappa shape index (κ3) is 4.96. The SMILES string of the molecule is C=CCCOC(C)C(=O)N(CC)C1C(=O)NC(=O)N(Cc2ccccc2)C1N. The minimum absolute atomic E-state index is 0.231. The fraction of sp³-hybridized carbons (Fsp3) is 0.450. The first-order valence-corrected chi connectivity index (χ1v) is 9.34. The highest BCUT2D eigenvalue weighted by Gasteiger charge is 2.44. The molecule has 28 heavy (non-hydrogen) atoms. The lowest BCUT2D eigenvalue weighted by Crippen LogP contribution is -2.71. The highest BCUT2D eigenvalue weighted by Crippen LogP contribution is 2.18. The number of ether oxygens (including phenoxy) is 1. The number of nitrogens with zero attached hydrogens (tertiary/aromatic N) is 2. The fourth-order valence-electron chi connectivity index (χ4n) is 3.12. The topological polar surface area (TPSA) is 105 Å². The molecule has 1 aliphatic rings. The second-order valence-electron chi connectivity index (χ2n) is 6.56. The number of hydrogen-bond acceptors (Lipinski definition) is 5. The van der Waals surface area contributed by atoms with Crippen molar-refractivity contribution >= 4 is 17.8 Å². The normalized spacial score (nSPS) is 20.5. The van der Waals surface area contributed by atoms with Crippen LogP contribution in [0, 0.1) is 0 Å². The molecule has 0 aromatic heterocycles. The summed E-state index contributed by atoms with van der Waals surface area (Å²) in [6, 6.07) is 7.75. The molecule has 1 aliphatic heterocycles. The molecule has 1 fully saturated rings. The van der Waals surface area contributed by atoms with Crippen LogP contribution < -0.4 is 11.1 Å². The number of rotatable bonds is 9. The molecule has 8 heteroatoms. The first kappa shape index (κ1) is 21.6. The molecule has 1 aromatic carbocycles. The van der Waals surface area contributed by atoms with E-state index in [2.05, 4.69) is 11.9 Å². The van der Waals surface area contributed by atoms with Crippen LogP contribution in [0.5, 0.6) is 0 Å².